The van der Waals surface area contributed by atoms with Crippen molar-refractivity contribution in [1.29, 1.82) is 0 Å². The molecule has 0 aliphatic carbocycles. The Bertz CT molecular complexity index is 274. The van der Waals surface area contributed by atoms with Crippen LogP contribution in [0.4, 0.5) is 0 Å². The molecule has 3 nitrogen and oxygen atoms in total. The minimum atomic E-state index is 0.0816. The summed E-state index contributed by atoms with van der Waals surface area (Å²) in [6.45, 7) is 8.40. The van der Waals surface area contributed by atoms with E-state index in [4.69, 9.17) is 14.2 Å². The summed E-state index contributed by atoms with van der Waals surface area (Å²) in [6.07, 6.45) is 18.6. The molecule has 24 heavy (non-hydrogen) atoms. The van der Waals surface area contributed by atoms with E-state index in [1.165, 1.54) is 77.0 Å². The molecule has 1 aliphatic heterocycles. The van der Waals surface area contributed by atoms with Gasteiger partial charge in [0.15, 0.2) is 6.29 Å². The topological polar surface area (TPSA) is 27.7 Å². The molecule has 1 aliphatic rings. The smallest absolute Gasteiger partial charge is 0.157 e. The molecule has 1 rings (SSSR count). The molecule has 3 heteroatoms. The lowest BCUT2D eigenvalue weighted by molar-refractivity contribution is -0.162. The molecule has 0 spiro atoms. The summed E-state index contributed by atoms with van der Waals surface area (Å²) in [5.74, 6) is 0. The first kappa shape index (κ1) is 21.7. The largest absolute Gasteiger partial charge is 0.374 e. The van der Waals surface area contributed by atoms with Gasteiger partial charge in [0.2, 0.25) is 0 Å². The number of rotatable bonds is 16. The van der Waals surface area contributed by atoms with Gasteiger partial charge in [-0.15, -0.1) is 6.58 Å². The summed E-state index contributed by atoms with van der Waals surface area (Å²) < 4.78 is 17.2. The quantitative estimate of drug-likeness (QED) is 0.254. The monoisotopic (exact) mass is 340 g/mol. The Labute approximate surface area is 150 Å². The van der Waals surface area contributed by atoms with E-state index in [0.29, 0.717) is 12.7 Å². The van der Waals surface area contributed by atoms with E-state index in [0.717, 1.165) is 19.6 Å². The van der Waals surface area contributed by atoms with E-state index in [1.54, 1.807) is 0 Å². The van der Waals surface area contributed by atoms with Crippen molar-refractivity contribution < 1.29 is 14.2 Å². The Morgan fingerprint density at radius 1 is 1.04 bits per heavy atom. The zero-order valence-electron chi connectivity index (χ0n) is 16.0. The minimum absolute atomic E-state index is 0.0816. The first-order chi connectivity index (χ1) is 11.9. The second kappa shape index (κ2) is 16.1. The van der Waals surface area contributed by atoms with E-state index >= 15 is 0 Å². The molecule has 2 atom stereocenters. The van der Waals surface area contributed by atoms with Gasteiger partial charge in [0.1, 0.15) is 0 Å². The van der Waals surface area contributed by atoms with E-state index in [9.17, 15) is 0 Å². The molecule has 0 aromatic carbocycles. The van der Waals surface area contributed by atoms with E-state index in [-0.39, 0.29) is 6.29 Å². The van der Waals surface area contributed by atoms with Crippen LogP contribution in [0.25, 0.3) is 0 Å². The highest BCUT2D eigenvalue weighted by atomic mass is 16.7. The summed E-state index contributed by atoms with van der Waals surface area (Å²) in [7, 11) is 0. The SMILES string of the molecule is C=CCOC(CCC)CCCCCCCCCOC1CCCCO1. The molecule has 0 radical (unpaired) electrons. The van der Waals surface area contributed by atoms with Gasteiger partial charge in [-0.1, -0.05) is 57.9 Å². The van der Waals surface area contributed by atoms with Crippen molar-refractivity contribution in [1.82, 2.24) is 0 Å². The predicted octanol–water partition coefficient (Wildman–Crippen LogP) is 6.02. The molecule has 0 saturated carbocycles. The van der Waals surface area contributed by atoms with Crippen molar-refractivity contribution in [3.8, 4) is 0 Å². The summed E-state index contributed by atoms with van der Waals surface area (Å²) in [5.41, 5.74) is 0. The van der Waals surface area contributed by atoms with Gasteiger partial charge in [-0.2, -0.15) is 0 Å². The third-order valence-electron chi connectivity index (χ3n) is 4.67. The third kappa shape index (κ3) is 12.0. The van der Waals surface area contributed by atoms with E-state index in [2.05, 4.69) is 13.5 Å². The van der Waals surface area contributed by atoms with Gasteiger partial charge >= 0.3 is 0 Å². The first-order valence-electron chi connectivity index (χ1n) is 10.3. The molecule has 1 heterocycles. The molecule has 0 N–H and O–H groups in total. The van der Waals surface area contributed by atoms with E-state index < -0.39 is 0 Å². The minimum Gasteiger partial charge on any atom is -0.374 e. The van der Waals surface area contributed by atoms with Gasteiger partial charge in [-0.05, 0) is 38.5 Å². The van der Waals surface area contributed by atoms with Crippen LogP contribution in [0.1, 0.15) is 90.4 Å². The summed E-state index contributed by atoms with van der Waals surface area (Å²) in [6, 6.07) is 0. The Balaban J connectivity index is 1.83. The van der Waals surface area contributed by atoms with Crippen LogP contribution >= 0.6 is 0 Å². The van der Waals surface area contributed by atoms with Crippen LogP contribution in [0, 0.1) is 0 Å². The molecule has 2 unspecified atom stereocenters. The van der Waals surface area contributed by atoms with Crippen LogP contribution in [-0.2, 0) is 14.2 Å². The van der Waals surface area contributed by atoms with Crippen LogP contribution in [-0.4, -0.2) is 32.2 Å². The van der Waals surface area contributed by atoms with Crippen molar-refractivity contribution in [3.05, 3.63) is 12.7 Å². The number of ether oxygens (including phenoxy) is 3. The lowest BCUT2D eigenvalue weighted by Gasteiger charge is -2.22. The molecule has 0 aromatic heterocycles. The maximum atomic E-state index is 5.81. The molecule has 0 amide bonds. The van der Waals surface area contributed by atoms with Crippen molar-refractivity contribution in [2.75, 3.05) is 19.8 Å². The normalized spacial score (nSPS) is 19.3. The fourth-order valence-corrected chi connectivity index (χ4v) is 3.25. The van der Waals surface area contributed by atoms with Gasteiger partial charge in [0.25, 0.3) is 0 Å². The van der Waals surface area contributed by atoms with Gasteiger partial charge in [0, 0.05) is 13.2 Å². The second-order valence-corrected chi connectivity index (χ2v) is 6.96. The average molecular weight is 341 g/mol. The lowest BCUT2D eigenvalue weighted by Crippen LogP contribution is -2.22. The first-order valence-corrected chi connectivity index (χ1v) is 10.3. The number of hydrogen-bond donors (Lipinski definition) is 0. The molecule has 1 fully saturated rings. The Kier molecular flexibility index (Phi) is 14.5. The highest BCUT2D eigenvalue weighted by Gasteiger charge is 2.13. The molecular weight excluding hydrogens is 300 g/mol. The second-order valence-electron chi connectivity index (χ2n) is 6.96. The zero-order valence-corrected chi connectivity index (χ0v) is 16.0. The summed E-state index contributed by atoms with van der Waals surface area (Å²) >= 11 is 0. The van der Waals surface area contributed by atoms with Crippen molar-refractivity contribution >= 4 is 0 Å². The van der Waals surface area contributed by atoms with Crippen molar-refractivity contribution in [2.24, 2.45) is 0 Å². The lowest BCUT2D eigenvalue weighted by atomic mass is 10.0. The van der Waals surface area contributed by atoms with Crippen LogP contribution in [0.2, 0.25) is 0 Å². The van der Waals surface area contributed by atoms with Crippen LogP contribution in [0.5, 0.6) is 0 Å². The van der Waals surface area contributed by atoms with Gasteiger partial charge < -0.3 is 14.2 Å². The average Bonchev–Trinajstić information content (AvgIpc) is 2.62. The fourth-order valence-electron chi connectivity index (χ4n) is 3.25. The summed E-state index contributed by atoms with van der Waals surface area (Å²) in [5, 5.41) is 0. The predicted molar refractivity (Wildman–Crippen MR) is 101 cm³/mol. The van der Waals surface area contributed by atoms with Crippen molar-refractivity contribution in [3.63, 3.8) is 0 Å². The molecule has 142 valence electrons. The van der Waals surface area contributed by atoms with Crippen LogP contribution in [0.15, 0.2) is 12.7 Å². The Morgan fingerprint density at radius 2 is 1.79 bits per heavy atom. The molecule has 1 saturated heterocycles. The highest BCUT2D eigenvalue weighted by molar-refractivity contribution is 4.67. The highest BCUT2D eigenvalue weighted by Crippen LogP contribution is 2.16. The summed E-state index contributed by atoms with van der Waals surface area (Å²) in [4.78, 5) is 0. The number of hydrogen-bond acceptors (Lipinski definition) is 3. The third-order valence-corrected chi connectivity index (χ3v) is 4.67. The van der Waals surface area contributed by atoms with Crippen LogP contribution < -0.4 is 0 Å². The van der Waals surface area contributed by atoms with Crippen LogP contribution in [0.3, 0.4) is 0 Å². The Morgan fingerprint density at radius 3 is 2.46 bits per heavy atom. The van der Waals surface area contributed by atoms with Gasteiger partial charge in [-0.3, -0.25) is 0 Å². The Hall–Kier alpha value is -0.380. The van der Waals surface area contributed by atoms with Gasteiger partial charge in [-0.25, -0.2) is 0 Å². The molecule has 0 aromatic rings. The maximum absolute atomic E-state index is 5.81. The molecule has 0 bridgehead atoms. The van der Waals surface area contributed by atoms with E-state index in [1.807, 2.05) is 6.08 Å². The fraction of sp³-hybridized carbons (Fsp3) is 0.905. The zero-order chi connectivity index (χ0) is 17.3. The standard InChI is InChI=1S/C21H40O3/c1-3-14-20(22-17-4-2)15-10-8-6-5-7-9-12-18-23-21-16-11-13-19-24-21/h4,20-21H,2-3,5-19H2,1H3. The maximum Gasteiger partial charge on any atom is 0.157 e. The van der Waals surface area contributed by atoms with Gasteiger partial charge in [0.05, 0.1) is 12.7 Å². The number of unbranched alkanes of at least 4 members (excludes halogenated alkanes) is 6. The molecular formula is C21H40O3. The van der Waals surface area contributed by atoms with Crippen molar-refractivity contribution in [2.45, 2.75) is 103 Å².